The van der Waals surface area contributed by atoms with Gasteiger partial charge in [0.1, 0.15) is 0 Å². The SMILES string of the molecule is CCC(CC)N(C)CCC(N)C(C)C. The molecule has 0 spiro atoms. The van der Waals surface area contributed by atoms with Crippen molar-refractivity contribution in [3.05, 3.63) is 0 Å². The fraction of sp³-hybridized carbons (Fsp3) is 1.00. The highest BCUT2D eigenvalue weighted by Gasteiger charge is 2.13. The summed E-state index contributed by atoms with van der Waals surface area (Å²) in [6.45, 7) is 10.0. The molecular weight excluding hydrogens is 172 g/mol. The molecule has 0 bridgehead atoms. The van der Waals surface area contributed by atoms with Gasteiger partial charge >= 0.3 is 0 Å². The molecule has 86 valence electrons. The molecule has 0 aliphatic heterocycles. The summed E-state index contributed by atoms with van der Waals surface area (Å²) in [5.41, 5.74) is 6.02. The molecule has 0 saturated heterocycles. The molecule has 0 aromatic carbocycles. The van der Waals surface area contributed by atoms with Gasteiger partial charge in [0.15, 0.2) is 0 Å². The first-order valence-electron chi connectivity index (χ1n) is 5.98. The van der Waals surface area contributed by atoms with Crippen LogP contribution in [0.15, 0.2) is 0 Å². The van der Waals surface area contributed by atoms with Crippen molar-refractivity contribution in [3.8, 4) is 0 Å². The molecule has 0 radical (unpaired) electrons. The molecule has 0 rings (SSSR count). The zero-order valence-corrected chi connectivity index (χ0v) is 10.6. The topological polar surface area (TPSA) is 29.3 Å². The lowest BCUT2D eigenvalue weighted by Crippen LogP contribution is -2.36. The lowest BCUT2D eigenvalue weighted by molar-refractivity contribution is 0.216. The Balaban J connectivity index is 3.77. The third-order valence-corrected chi connectivity index (χ3v) is 3.24. The van der Waals surface area contributed by atoms with Crippen LogP contribution in [-0.2, 0) is 0 Å². The molecule has 0 aromatic rings. The van der Waals surface area contributed by atoms with Crippen LogP contribution in [-0.4, -0.2) is 30.6 Å². The molecule has 0 saturated carbocycles. The first-order chi connectivity index (χ1) is 6.52. The van der Waals surface area contributed by atoms with Crippen LogP contribution in [0.1, 0.15) is 47.0 Å². The highest BCUT2D eigenvalue weighted by Crippen LogP contribution is 2.09. The van der Waals surface area contributed by atoms with Gasteiger partial charge in [-0.3, -0.25) is 0 Å². The minimum atomic E-state index is 0.354. The highest BCUT2D eigenvalue weighted by molar-refractivity contribution is 4.70. The van der Waals surface area contributed by atoms with Gasteiger partial charge in [-0.1, -0.05) is 27.7 Å². The molecule has 0 heterocycles. The van der Waals surface area contributed by atoms with Crippen LogP contribution in [0.5, 0.6) is 0 Å². The number of rotatable bonds is 7. The molecule has 1 unspecified atom stereocenters. The largest absolute Gasteiger partial charge is 0.327 e. The Bertz CT molecular complexity index is 130. The van der Waals surface area contributed by atoms with Crippen molar-refractivity contribution in [2.24, 2.45) is 11.7 Å². The zero-order valence-electron chi connectivity index (χ0n) is 10.6. The van der Waals surface area contributed by atoms with E-state index in [0.29, 0.717) is 12.0 Å². The van der Waals surface area contributed by atoms with Gasteiger partial charge in [0, 0.05) is 12.1 Å². The van der Waals surface area contributed by atoms with Crippen LogP contribution >= 0.6 is 0 Å². The second kappa shape index (κ2) is 7.24. The molecule has 0 fully saturated rings. The highest BCUT2D eigenvalue weighted by atomic mass is 15.1. The lowest BCUT2D eigenvalue weighted by Gasteiger charge is -2.27. The Kier molecular flexibility index (Phi) is 7.20. The van der Waals surface area contributed by atoms with Gasteiger partial charge in [0.2, 0.25) is 0 Å². The van der Waals surface area contributed by atoms with Gasteiger partial charge in [-0.2, -0.15) is 0 Å². The van der Waals surface area contributed by atoms with E-state index in [4.69, 9.17) is 5.73 Å². The molecule has 14 heavy (non-hydrogen) atoms. The molecule has 2 nitrogen and oxygen atoms in total. The summed E-state index contributed by atoms with van der Waals surface area (Å²) in [5, 5.41) is 0. The van der Waals surface area contributed by atoms with Gasteiger partial charge < -0.3 is 10.6 Å². The molecule has 0 aromatic heterocycles. The predicted molar refractivity (Wildman–Crippen MR) is 64.4 cm³/mol. The molecular formula is C12H28N2. The van der Waals surface area contributed by atoms with Crippen molar-refractivity contribution >= 4 is 0 Å². The fourth-order valence-electron chi connectivity index (χ4n) is 1.78. The minimum absolute atomic E-state index is 0.354. The molecule has 2 heteroatoms. The van der Waals surface area contributed by atoms with E-state index in [0.717, 1.165) is 19.0 Å². The average Bonchev–Trinajstić information content (AvgIpc) is 2.15. The Morgan fingerprint density at radius 2 is 1.64 bits per heavy atom. The van der Waals surface area contributed by atoms with Crippen molar-refractivity contribution in [1.29, 1.82) is 0 Å². The summed E-state index contributed by atoms with van der Waals surface area (Å²) in [7, 11) is 2.21. The lowest BCUT2D eigenvalue weighted by atomic mass is 10.0. The van der Waals surface area contributed by atoms with E-state index in [1.807, 2.05) is 0 Å². The van der Waals surface area contributed by atoms with Gasteiger partial charge in [-0.25, -0.2) is 0 Å². The second-order valence-electron chi connectivity index (χ2n) is 4.65. The summed E-state index contributed by atoms with van der Waals surface area (Å²) < 4.78 is 0. The van der Waals surface area contributed by atoms with Gasteiger partial charge in [0.25, 0.3) is 0 Å². The number of hydrogen-bond acceptors (Lipinski definition) is 2. The number of hydrogen-bond donors (Lipinski definition) is 1. The van der Waals surface area contributed by atoms with E-state index in [1.165, 1.54) is 12.8 Å². The maximum Gasteiger partial charge on any atom is 0.00869 e. The quantitative estimate of drug-likeness (QED) is 0.684. The van der Waals surface area contributed by atoms with Gasteiger partial charge in [-0.15, -0.1) is 0 Å². The Hall–Kier alpha value is -0.0800. The van der Waals surface area contributed by atoms with Crippen molar-refractivity contribution in [2.75, 3.05) is 13.6 Å². The van der Waals surface area contributed by atoms with Crippen LogP contribution in [0.3, 0.4) is 0 Å². The number of nitrogens with zero attached hydrogens (tertiary/aromatic N) is 1. The summed E-state index contributed by atoms with van der Waals surface area (Å²) >= 11 is 0. The average molecular weight is 200 g/mol. The van der Waals surface area contributed by atoms with E-state index in [2.05, 4.69) is 39.6 Å². The fourth-order valence-corrected chi connectivity index (χ4v) is 1.78. The van der Waals surface area contributed by atoms with Crippen molar-refractivity contribution in [3.63, 3.8) is 0 Å². The van der Waals surface area contributed by atoms with E-state index >= 15 is 0 Å². The summed E-state index contributed by atoms with van der Waals surface area (Å²) in [5.74, 6) is 0.602. The van der Waals surface area contributed by atoms with E-state index in [1.54, 1.807) is 0 Å². The maximum atomic E-state index is 6.02. The van der Waals surface area contributed by atoms with Crippen molar-refractivity contribution in [1.82, 2.24) is 4.90 Å². The summed E-state index contributed by atoms with van der Waals surface area (Å²) in [6, 6.07) is 1.08. The normalized spacial score (nSPS) is 14.4. The van der Waals surface area contributed by atoms with Crippen molar-refractivity contribution < 1.29 is 0 Å². The molecule has 2 N–H and O–H groups in total. The minimum Gasteiger partial charge on any atom is -0.327 e. The van der Waals surface area contributed by atoms with E-state index in [9.17, 15) is 0 Å². The smallest absolute Gasteiger partial charge is 0.00869 e. The molecule has 0 aliphatic carbocycles. The first kappa shape index (κ1) is 13.9. The zero-order chi connectivity index (χ0) is 11.1. The van der Waals surface area contributed by atoms with Gasteiger partial charge in [0.05, 0.1) is 0 Å². The second-order valence-corrected chi connectivity index (χ2v) is 4.65. The Morgan fingerprint density at radius 3 is 2.00 bits per heavy atom. The van der Waals surface area contributed by atoms with E-state index < -0.39 is 0 Å². The summed E-state index contributed by atoms with van der Waals surface area (Å²) in [4.78, 5) is 2.45. The maximum absolute atomic E-state index is 6.02. The van der Waals surface area contributed by atoms with Gasteiger partial charge in [-0.05, 0) is 38.8 Å². The summed E-state index contributed by atoms with van der Waals surface area (Å²) in [6.07, 6.45) is 3.60. The standard InChI is InChI=1S/C12H28N2/c1-6-11(7-2)14(5)9-8-12(13)10(3)4/h10-12H,6-9,13H2,1-5H3. The number of nitrogens with two attached hydrogens (primary N) is 1. The van der Waals surface area contributed by atoms with Crippen molar-refractivity contribution in [2.45, 2.75) is 59.0 Å². The van der Waals surface area contributed by atoms with E-state index in [-0.39, 0.29) is 0 Å². The Morgan fingerprint density at radius 1 is 1.14 bits per heavy atom. The molecule has 1 atom stereocenters. The molecule has 0 aliphatic rings. The Labute approximate surface area is 89.9 Å². The predicted octanol–water partition coefficient (Wildman–Crippen LogP) is 2.48. The van der Waals surface area contributed by atoms with Crippen LogP contribution in [0.25, 0.3) is 0 Å². The van der Waals surface area contributed by atoms with Crippen LogP contribution < -0.4 is 5.73 Å². The third kappa shape index (κ3) is 4.97. The first-order valence-corrected chi connectivity index (χ1v) is 5.98. The van der Waals surface area contributed by atoms with Crippen LogP contribution in [0, 0.1) is 5.92 Å². The third-order valence-electron chi connectivity index (χ3n) is 3.24. The van der Waals surface area contributed by atoms with Crippen LogP contribution in [0.2, 0.25) is 0 Å². The van der Waals surface area contributed by atoms with Crippen LogP contribution in [0.4, 0.5) is 0 Å². The molecule has 0 amide bonds. The monoisotopic (exact) mass is 200 g/mol.